The van der Waals surface area contributed by atoms with Crippen LogP contribution in [0.2, 0.25) is 0 Å². The molecule has 2 aliphatic carbocycles. The fraction of sp³-hybridized carbons (Fsp3) is 0.324. The van der Waals surface area contributed by atoms with E-state index in [1.807, 2.05) is 25.1 Å². The first-order chi connectivity index (χ1) is 18.4. The highest BCUT2D eigenvalue weighted by Crippen LogP contribution is 2.42. The molecule has 0 radical (unpaired) electrons. The van der Waals surface area contributed by atoms with Crippen LogP contribution >= 0.6 is 0 Å². The molecular formula is C34H34F2O2. The summed E-state index contributed by atoms with van der Waals surface area (Å²) in [4.78, 5) is 11.7. The number of carboxylic acids is 1. The predicted molar refractivity (Wildman–Crippen MR) is 150 cm³/mol. The van der Waals surface area contributed by atoms with Crippen LogP contribution in [0.3, 0.4) is 0 Å². The number of aryl methyl sites for hydroxylation is 2. The zero-order chi connectivity index (χ0) is 26.8. The fourth-order valence-electron chi connectivity index (χ4n) is 6.02. The third-order valence-corrected chi connectivity index (χ3v) is 8.12. The van der Waals surface area contributed by atoms with Gasteiger partial charge in [-0.15, -0.1) is 0 Å². The Balaban J connectivity index is 1.57. The summed E-state index contributed by atoms with van der Waals surface area (Å²) < 4.78 is 27.5. The summed E-state index contributed by atoms with van der Waals surface area (Å²) in [6, 6.07) is 17.7. The van der Waals surface area contributed by atoms with E-state index < -0.39 is 5.97 Å². The van der Waals surface area contributed by atoms with Crippen LogP contribution in [0.5, 0.6) is 0 Å². The summed E-state index contributed by atoms with van der Waals surface area (Å²) in [5.74, 6) is -0.493. The maximum atomic E-state index is 15.0. The first kappa shape index (κ1) is 26.1. The summed E-state index contributed by atoms with van der Waals surface area (Å²) in [6.07, 6.45) is 8.37. The number of carbonyl (C=O) groups is 1. The van der Waals surface area contributed by atoms with Crippen molar-refractivity contribution in [3.8, 4) is 0 Å². The molecule has 3 aromatic rings. The molecule has 0 aliphatic heterocycles. The van der Waals surface area contributed by atoms with Gasteiger partial charge in [0.2, 0.25) is 0 Å². The molecule has 38 heavy (non-hydrogen) atoms. The van der Waals surface area contributed by atoms with Gasteiger partial charge in [0.25, 0.3) is 0 Å². The minimum absolute atomic E-state index is 0.174. The summed E-state index contributed by atoms with van der Waals surface area (Å²) in [6.45, 7) is 3.40. The summed E-state index contributed by atoms with van der Waals surface area (Å²) in [5, 5.41) is 9.57. The van der Waals surface area contributed by atoms with Gasteiger partial charge in [-0.1, -0.05) is 54.1 Å². The Labute approximate surface area is 223 Å². The normalized spacial score (nSPS) is 17.1. The number of hydrogen-bond acceptors (Lipinski definition) is 1. The average Bonchev–Trinajstić information content (AvgIpc) is 3.08. The zero-order valence-electron chi connectivity index (χ0n) is 22.1. The monoisotopic (exact) mass is 512 g/mol. The highest BCUT2D eigenvalue weighted by molar-refractivity contribution is 6.01. The predicted octanol–water partition coefficient (Wildman–Crippen LogP) is 8.98. The minimum atomic E-state index is -0.931. The lowest BCUT2D eigenvalue weighted by Crippen LogP contribution is -2.14. The van der Waals surface area contributed by atoms with E-state index in [1.165, 1.54) is 5.57 Å². The molecule has 0 heterocycles. The second-order valence-corrected chi connectivity index (χ2v) is 10.8. The molecular weight excluding hydrogens is 478 g/mol. The van der Waals surface area contributed by atoms with E-state index >= 15 is 4.39 Å². The van der Waals surface area contributed by atoms with Crippen molar-refractivity contribution in [3.05, 3.63) is 110 Å². The van der Waals surface area contributed by atoms with Gasteiger partial charge in [-0.05, 0) is 127 Å². The second-order valence-electron chi connectivity index (χ2n) is 10.8. The van der Waals surface area contributed by atoms with Crippen LogP contribution in [-0.4, -0.2) is 17.8 Å². The van der Waals surface area contributed by atoms with E-state index in [2.05, 4.69) is 30.3 Å². The van der Waals surface area contributed by atoms with Crippen molar-refractivity contribution in [1.82, 2.24) is 0 Å². The lowest BCUT2D eigenvalue weighted by molar-refractivity contribution is 0.0696. The summed E-state index contributed by atoms with van der Waals surface area (Å²) in [7, 11) is 0. The van der Waals surface area contributed by atoms with Crippen molar-refractivity contribution in [2.24, 2.45) is 5.92 Å². The smallest absolute Gasteiger partial charge is 0.335 e. The van der Waals surface area contributed by atoms with Gasteiger partial charge >= 0.3 is 5.97 Å². The first-order valence-corrected chi connectivity index (χ1v) is 13.6. The number of alkyl halides is 1. The number of carboxylic acid groups (broad SMARTS) is 1. The molecule has 0 amide bonds. The van der Waals surface area contributed by atoms with Gasteiger partial charge in [0, 0.05) is 0 Å². The van der Waals surface area contributed by atoms with Crippen molar-refractivity contribution in [2.45, 2.75) is 58.8 Å². The van der Waals surface area contributed by atoms with E-state index in [9.17, 15) is 14.3 Å². The molecule has 1 fully saturated rings. The number of benzene rings is 3. The Kier molecular flexibility index (Phi) is 7.60. The van der Waals surface area contributed by atoms with Crippen LogP contribution in [0.4, 0.5) is 8.78 Å². The molecule has 3 aromatic carbocycles. The number of hydrogen-bond donors (Lipinski definition) is 1. The Bertz CT molecular complexity index is 1420. The quantitative estimate of drug-likeness (QED) is 0.343. The molecule has 0 aromatic heterocycles. The van der Waals surface area contributed by atoms with E-state index in [1.54, 1.807) is 19.1 Å². The first-order valence-electron chi connectivity index (χ1n) is 13.6. The van der Waals surface area contributed by atoms with E-state index in [4.69, 9.17) is 0 Å². The molecule has 1 saturated carbocycles. The Hall–Kier alpha value is -3.53. The summed E-state index contributed by atoms with van der Waals surface area (Å²) >= 11 is 0. The summed E-state index contributed by atoms with van der Waals surface area (Å²) in [5.41, 5.74) is 10.3. The highest BCUT2D eigenvalue weighted by Gasteiger charge is 2.24. The number of allylic oxidation sites excluding steroid dienone is 2. The van der Waals surface area contributed by atoms with Gasteiger partial charge in [-0.25, -0.2) is 9.18 Å². The number of fused-ring (bicyclic) bond motifs is 1. The average molecular weight is 513 g/mol. The lowest BCUT2D eigenvalue weighted by atomic mass is 9.77. The third kappa shape index (κ3) is 5.22. The van der Waals surface area contributed by atoms with Crippen molar-refractivity contribution in [3.63, 3.8) is 0 Å². The molecule has 0 unspecified atom stereocenters. The standard InChI is InChI=1S/C34H34F2O2/c1-21-8-14-29(22(2)33(21)36)31-7-3-6-27-20-28(34(37)38)13-15-30(27)32(31)26-11-9-23(10-12-26)17-25-18-24(19-25)5-4-16-35/h8-15,17,20,24H,3-7,16,18-19H2,1-2H3,(H,37,38). The Morgan fingerprint density at radius 1 is 1.00 bits per heavy atom. The topological polar surface area (TPSA) is 37.3 Å². The maximum absolute atomic E-state index is 15.0. The second kappa shape index (κ2) is 11.1. The zero-order valence-corrected chi connectivity index (χ0v) is 22.1. The van der Waals surface area contributed by atoms with Crippen molar-refractivity contribution in [2.75, 3.05) is 6.67 Å². The lowest BCUT2D eigenvalue weighted by Gasteiger charge is -2.29. The molecule has 0 atom stereocenters. The Morgan fingerprint density at radius 2 is 1.74 bits per heavy atom. The van der Waals surface area contributed by atoms with Crippen molar-refractivity contribution >= 4 is 23.2 Å². The molecule has 2 nitrogen and oxygen atoms in total. The maximum Gasteiger partial charge on any atom is 0.335 e. The van der Waals surface area contributed by atoms with Gasteiger partial charge in [0.05, 0.1) is 12.2 Å². The molecule has 5 rings (SSSR count). The van der Waals surface area contributed by atoms with Gasteiger partial charge in [0.15, 0.2) is 0 Å². The Morgan fingerprint density at radius 3 is 2.45 bits per heavy atom. The largest absolute Gasteiger partial charge is 0.478 e. The molecule has 0 bridgehead atoms. The SMILES string of the molecule is Cc1ccc(C2=C(c3ccc(C=C4CC(CCCF)C4)cc3)c3ccc(C(=O)O)cc3CCC2)c(C)c1F. The molecule has 4 heteroatoms. The van der Waals surface area contributed by atoms with Crippen molar-refractivity contribution in [1.29, 1.82) is 0 Å². The van der Waals surface area contributed by atoms with E-state index in [0.717, 1.165) is 77.5 Å². The minimum Gasteiger partial charge on any atom is -0.478 e. The number of halogens is 2. The number of rotatable bonds is 7. The van der Waals surface area contributed by atoms with Gasteiger partial charge < -0.3 is 5.11 Å². The molecule has 0 spiro atoms. The van der Waals surface area contributed by atoms with Crippen molar-refractivity contribution < 1.29 is 18.7 Å². The van der Waals surface area contributed by atoms with E-state index in [-0.39, 0.29) is 18.1 Å². The van der Waals surface area contributed by atoms with Gasteiger partial charge in [-0.2, -0.15) is 0 Å². The third-order valence-electron chi connectivity index (χ3n) is 8.12. The fourth-order valence-corrected chi connectivity index (χ4v) is 6.02. The van der Waals surface area contributed by atoms with Crippen LogP contribution in [0.15, 0.2) is 60.2 Å². The van der Waals surface area contributed by atoms with Crippen LogP contribution in [0.1, 0.15) is 87.8 Å². The van der Waals surface area contributed by atoms with Crippen LogP contribution in [0.25, 0.3) is 17.2 Å². The molecule has 2 aliphatic rings. The number of aromatic carboxylic acids is 1. The van der Waals surface area contributed by atoms with Crippen LogP contribution < -0.4 is 0 Å². The molecule has 1 N–H and O–H groups in total. The molecule has 0 saturated heterocycles. The highest BCUT2D eigenvalue weighted by atomic mass is 19.1. The molecule has 196 valence electrons. The van der Waals surface area contributed by atoms with Gasteiger partial charge in [0.1, 0.15) is 5.82 Å². The van der Waals surface area contributed by atoms with Crippen LogP contribution in [0, 0.1) is 25.6 Å². The van der Waals surface area contributed by atoms with E-state index in [0.29, 0.717) is 23.5 Å². The van der Waals surface area contributed by atoms with Crippen LogP contribution in [-0.2, 0) is 6.42 Å². The van der Waals surface area contributed by atoms with Gasteiger partial charge in [-0.3, -0.25) is 4.39 Å².